The van der Waals surface area contributed by atoms with Crippen LogP contribution in [0.15, 0.2) is 42.5 Å². The van der Waals surface area contributed by atoms with Crippen LogP contribution in [0, 0.1) is 0 Å². The first-order chi connectivity index (χ1) is 9.08. The Labute approximate surface area is 112 Å². The normalized spacial score (nSPS) is 9.53. The highest BCUT2D eigenvalue weighted by Crippen LogP contribution is 2.04. The van der Waals surface area contributed by atoms with E-state index >= 15 is 0 Å². The molecule has 0 fully saturated rings. The number of ether oxygens (including phenoxy) is 1. The lowest BCUT2D eigenvalue weighted by Gasteiger charge is -2.07. The lowest BCUT2D eigenvalue weighted by molar-refractivity contribution is -0.142. The first kappa shape index (κ1) is 14.8. The maximum atomic E-state index is 11.5. The monoisotopic (exact) mass is 262 g/mol. The summed E-state index contributed by atoms with van der Waals surface area (Å²) in [7, 11) is 0. The molecule has 19 heavy (non-hydrogen) atoms. The van der Waals surface area contributed by atoms with Gasteiger partial charge in [-0.2, -0.15) is 0 Å². The third-order valence-electron chi connectivity index (χ3n) is 2.13. The van der Waals surface area contributed by atoms with E-state index in [2.05, 4.69) is 17.2 Å². The van der Waals surface area contributed by atoms with Gasteiger partial charge in [-0.05, 0) is 24.6 Å². The van der Waals surface area contributed by atoms with Crippen molar-refractivity contribution in [2.24, 2.45) is 0 Å². The van der Waals surface area contributed by atoms with Crippen molar-refractivity contribution < 1.29 is 14.3 Å². The summed E-state index contributed by atoms with van der Waals surface area (Å²) in [5, 5.41) is 5.23. The van der Waals surface area contributed by atoms with E-state index in [0.717, 1.165) is 5.57 Å². The Morgan fingerprint density at radius 2 is 1.95 bits per heavy atom. The third kappa shape index (κ3) is 6.88. The number of hydrogen-bond donors (Lipinski definition) is 2. The highest BCUT2D eigenvalue weighted by atomic mass is 16.5. The molecule has 0 aliphatic heterocycles. The second-order valence-electron chi connectivity index (χ2n) is 4.11. The number of benzene rings is 1. The molecule has 1 aromatic carbocycles. The number of anilines is 1. The summed E-state index contributed by atoms with van der Waals surface area (Å²) in [4.78, 5) is 22.7. The summed E-state index contributed by atoms with van der Waals surface area (Å²) >= 11 is 0. The number of carbonyl (C=O) groups is 2. The molecule has 0 aliphatic carbocycles. The second kappa shape index (κ2) is 7.92. The number of rotatable bonds is 6. The van der Waals surface area contributed by atoms with Gasteiger partial charge in [0.2, 0.25) is 0 Å². The number of urea groups is 1. The molecular weight excluding hydrogens is 244 g/mol. The van der Waals surface area contributed by atoms with Crippen molar-refractivity contribution >= 4 is 17.7 Å². The van der Waals surface area contributed by atoms with Crippen LogP contribution in [0.25, 0.3) is 0 Å². The summed E-state index contributed by atoms with van der Waals surface area (Å²) in [6.07, 6.45) is 0.134. The van der Waals surface area contributed by atoms with Gasteiger partial charge in [0.15, 0.2) is 0 Å². The lowest BCUT2D eigenvalue weighted by Crippen LogP contribution is -2.30. The van der Waals surface area contributed by atoms with Gasteiger partial charge in [-0.3, -0.25) is 4.79 Å². The van der Waals surface area contributed by atoms with E-state index in [4.69, 9.17) is 4.74 Å². The summed E-state index contributed by atoms with van der Waals surface area (Å²) in [5.41, 5.74) is 1.48. The van der Waals surface area contributed by atoms with Crippen molar-refractivity contribution in [3.63, 3.8) is 0 Å². The van der Waals surface area contributed by atoms with Crippen molar-refractivity contribution in [3.8, 4) is 0 Å². The molecule has 1 rings (SSSR count). The zero-order valence-corrected chi connectivity index (χ0v) is 10.9. The molecule has 0 aromatic heterocycles. The topological polar surface area (TPSA) is 67.4 Å². The molecule has 0 unspecified atom stereocenters. The van der Waals surface area contributed by atoms with Gasteiger partial charge in [-0.1, -0.05) is 24.8 Å². The van der Waals surface area contributed by atoms with E-state index in [1.165, 1.54) is 0 Å². The summed E-state index contributed by atoms with van der Waals surface area (Å²) in [5.74, 6) is -0.358. The fraction of sp³-hybridized carbons (Fsp3) is 0.286. The molecule has 0 heterocycles. The van der Waals surface area contributed by atoms with Gasteiger partial charge < -0.3 is 15.4 Å². The molecule has 5 heteroatoms. The largest absolute Gasteiger partial charge is 0.461 e. The van der Waals surface area contributed by atoms with E-state index < -0.39 is 0 Å². The standard InChI is InChI=1S/C14H18N2O3/c1-11(2)10-19-13(17)8-9-15-14(18)16-12-6-4-3-5-7-12/h3-7H,1,8-10H2,2H3,(H2,15,16,18). The van der Waals surface area contributed by atoms with E-state index in [1.807, 2.05) is 18.2 Å². The Morgan fingerprint density at radius 1 is 1.26 bits per heavy atom. The van der Waals surface area contributed by atoms with Crippen LogP contribution in [0.1, 0.15) is 13.3 Å². The molecular formula is C14H18N2O3. The molecule has 2 N–H and O–H groups in total. The van der Waals surface area contributed by atoms with Gasteiger partial charge in [0.1, 0.15) is 6.61 Å². The van der Waals surface area contributed by atoms with Gasteiger partial charge in [-0.25, -0.2) is 4.79 Å². The van der Waals surface area contributed by atoms with Crippen molar-refractivity contribution in [1.82, 2.24) is 5.32 Å². The molecule has 2 amide bonds. The molecule has 0 bridgehead atoms. The molecule has 0 spiro atoms. The van der Waals surface area contributed by atoms with Crippen molar-refractivity contribution in [1.29, 1.82) is 0 Å². The number of carbonyl (C=O) groups excluding carboxylic acids is 2. The summed E-state index contributed by atoms with van der Waals surface area (Å²) in [6, 6.07) is 8.72. The predicted octanol–water partition coefficient (Wildman–Crippen LogP) is 2.32. The Bertz CT molecular complexity index is 443. The minimum absolute atomic E-state index is 0.134. The number of esters is 1. The molecule has 0 atom stereocenters. The molecule has 0 radical (unpaired) electrons. The number of nitrogens with one attached hydrogen (secondary N) is 2. The maximum absolute atomic E-state index is 11.5. The Morgan fingerprint density at radius 3 is 2.58 bits per heavy atom. The maximum Gasteiger partial charge on any atom is 0.319 e. The predicted molar refractivity (Wildman–Crippen MR) is 73.9 cm³/mol. The zero-order chi connectivity index (χ0) is 14.1. The van der Waals surface area contributed by atoms with Crippen LogP contribution < -0.4 is 10.6 Å². The smallest absolute Gasteiger partial charge is 0.319 e. The molecule has 102 valence electrons. The third-order valence-corrected chi connectivity index (χ3v) is 2.13. The first-order valence-electron chi connectivity index (χ1n) is 5.98. The highest BCUT2D eigenvalue weighted by molar-refractivity contribution is 5.89. The number of amides is 2. The van der Waals surface area contributed by atoms with Crippen molar-refractivity contribution in [2.75, 3.05) is 18.5 Å². The highest BCUT2D eigenvalue weighted by Gasteiger charge is 2.05. The Hall–Kier alpha value is -2.30. The van der Waals surface area contributed by atoms with Crippen LogP contribution in [0.5, 0.6) is 0 Å². The molecule has 5 nitrogen and oxygen atoms in total. The number of para-hydroxylation sites is 1. The quantitative estimate of drug-likeness (QED) is 0.610. The van der Waals surface area contributed by atoms with Crippen molar-refractivity contribution in [3.05, 3.63) is 42.5 Å². The van der Waals surface area contributed by atoms with Crippen LogP contribution >= 0.6 is 0 Å². The van der Waals surface area contributed by atoms with E-state index in [9.17, 15) is 9.59 Å². The zero-order valence-electron chi connectivity index (χ0n) is 10.9. The van der Waals surface area contributed by atoms with E-state index in [-0.39, 0.29) is 31.6 Å². The van der Waals surface area contributed by atoms with Gasteiger partial charge in [0.05, 0.1) is 6.42 Å². The Balaban J connectivity index is 2.17. The van der Waals surface area contributed by atoms with Crippen LogP contribution in [0.3, 0.4) is 0 Å². The summed E-state index contributed by atoms with van der Waals surface area (Å²) < 4.78 is 4.89. The molecule has 0 aliphatic rings. The molecule has 1 aromatic rings. The van der Waals surface area contributed by atoms with E-state index in [1.54, 1.807) is 19.1 Å². The van der Waals surface area contributed by atoms with Crippen LogP contribution in [-0.4, -0.2) is 25.2 Å². The summed E-state index contributed by atoms with van der Waals surface area (Å²) in [6.45, 7) is 5.85. The van der Waals surface area contributed by atoms with Crippen LogP contribution in [-0.2, 0) is 9.53 Å². The average Bonchev–Trinajstić information content (AvgIpc) is 2.37. The minimum Gasteiger partial charge on any atom is -0.461 e. The minimum atomic E-state index is -0.358. The van der Waals surface area contributed by atoms with Gasteiger partial charge in [0, 0.05) is 12.2 Å². The average molecular weight is 262 g/mol. The van der Waals surface area contributed by atoms with Gasteiger partial charge >= 0.3 is 12.0 Å². The fourth-order valence-electron chi connectivity index (χ4n) is 1.25. The van der Waals surface area contributed by atoms with Crippen molar-refractivity contribution in [2.45, 2.75) is 13.3 Å². The second-order valence-corrected chi connectivity index (χ2v) is 4.11. The lowest BCUT2D eigenvalue weighted by atomic mass is 10.3. The van der Waals surface area contributed by atoms with Crippen LogP contribution in [0.4, 0.5) is 10.5 Å². The number of hydrogen-bond acceptors (Lipinski definition) is 3. The fourth-order valence-corrected chi connectivity index (χ4v) is 1.25. The van der Waals surface area contributed by atoms with Crippen LogP contribution in [0.2, 0.25) is 0 Å². The van der Waals surface area contributed by atoms with Gasteiger partial charge in [-0.15, -0.1) is 0 Å². The van der Waals surface area contributed by atoms with Gasteiger partial charge in [0.25, 0.3) is 0 Å². The molecule has 0 saturated heterocycles. The Kier molecular flexibility index (Phi) is 6.15. The van der Waals surface area contributed by atoms with E-state index in [0.29, 0.717) is 5.69 Å². The SMILES string of the molecule is C=C(C)COC(=O)CCNC(=O)Nc1ccccc1. The first-order valence-corrected chi connectivity index (χ1v) is 5.98. The molecule has 0 saturated carbocycles.